The summed E-state index contributed by atoms with van der Waals surface area (Å²) in [6, 6.07) is 10.6. The van der Waals surface area contributed by atoms with Gasteiger partial charge in [0.05, 0.1) is 5.56 Å². The van der Waals surface area contributed by atoms with Crippen molar-refractivity contribution in [3.63, 3.8) is 0 Å². The van der Waals surface area contributed by atoms with E-state index in [2.05, 4.69) is 9.88 Å². The second-order valence-corrected chi connectivity index (χ2v) is 9.99. The van der Waals surface area contributed by atoms with Crippen LogP contribution in [0.25, 0.3) is 11.1 Å². The third kappa shape index (κ3) is 5.48. The van der Waals surface area contributed by atoms with Crippen LogP contribution in [0.1, 0.15) is 54.6 Å². The molecule has 2 N–H and O–H groups in total. The Balaban J connectivity index is 1.26. The molecule has 3 heterocycles. The topological polar surface area (TPSA) is 71.7 Å². The Kier molecular flexibility index (Phi) is 7.56. The maximum atomic E-state index is 14.2. The zero-order valence-electron chi connectivity index (χ0n) is 21.3. The number of carbonyl (C=O) groups is 1. The summed E-state index contributed by atoms with van der Waals surface area (Å²) in [7, 11) is 0. The molecule has 200 valence electrons. The predicted octanol–water partition coefficient (Wildman–Crippen LogP) is 5.59. The number of aromatic nitrogens is 1. The van der Waals surface area contributed by atoms with E-state index >= 15 is 0 Å². The highest BCUT2D eigenvalue weighted by Gasteiger charge is 2.28. The van der Waals surface area contributed by atoms with Gasteiger partial charge in [-0.1, -0.05) is 12.1 Å². The van der Waals surface area contributed by atoms with Gasteiger partial charge in [-0.15, -0.1) is 0 Å². The number of nitrogens with zero attached hydrogens (tertiary/aromatic N) is 3. The molecule has 0 saturated carbocycles. The number of rotatable bonds is 6. The molecule has 0 bridgehead atoms. The summed E-state index contributed by atoms with van der Waals surface area (Å²) < 4.78 is 47.4. The number of nitrogens with two attached hydrogens (primary N) is 1. The lowest BCUT2D eigenvalue weighted by molar-refractivity contribution is 0.0644. The van der Waals surface area contributed by atoms with E-state index in [0.29, 0.717) is 29.3 Å². The van der Waals surface area contributed by atoms with E-state index in [-0.39, 0.29) is 17.5 Å². The summed E-state index contributed by atoms with van der Waals surface area (Å²) in [4.78, 5) is 21.7. The average molecular weight is 525 g/mol. The number of hydrogen-bond donors (Lipinski definition) is 1. The zero-order chi connectivity index (χ0) is 26.8. The SMILES string of the molecule is CC(Oc1cc(-c2ccc(C(=O)N3CCC(N4CCCC4)CC3)cc2)cnc1N)c1c(F)cc(F)cc1F. The maximum absolute atomic E-state index is 14.2. The van der Waals surface area contributed by atoms with Crippen molar-refractivity contribution in [1.29, 1.82) is 0 Å². The molecule has 3 aromatic rings. The van der Waals surface area contributed by atoms with Crippen molar-refractivity contribution in [2.75, 3.05) is 31.9 Å². The minimum absolute atomic E-state index is 0.0213. The van der Waals surface area contributed by atoms with Gasteiger partial charge in [-0.3, -0.25) is 4.79 Å². The summed E-state index contributed by atoms with van der Waals surface area (Å²) in [6.45, 7) is 5.31. The molecule has 1 atom stereocenters. The fraction of sp³-hybridized carbons (Fsp3) is 0.379. The lowest BCUT2D eigenvalue weighted by atomic mass is 10.0. The molecule has 2 fully saturated rings. The van der Waals surface area contributed by atoms with Gasteiger partial charge in [-0.25, -0.2) is 18.2 Å². The smallest absolute Gasteiger partial charge is 0.253 e. The Morgan fingerprint density at radius 1 is 0.974 bits per heavy atom. The first-order chi connectivity index (χ1) is 18.3. The number of ether oxygens (including phenoxy) is 1. The van der Waals surface area contributed by atoms with Crippen LogP contribution in [-0.2, 0) is 0 Å². The lowest BCUT2D eigenvalue weighted by Gasteiger charge is -2.36. The molecule has 1 aromatic heterocycles. The molecule has 9 heteroatoms. The largest absolute Gasteiger partial charge is 0.482 e. The molecule has 0 spiro atoms. The molecule has 6 nitrogen and oxygen atoms in total. The molecule has 0 aliphatic carbocycles. The minimum atomic E-state index is -1.08. The number of pyridine rings is 1. The molecule has 2 aromatic carbocycles. The minimum Gasteiger partial charge on any atom is -0.482 e. The number of hydrogen-bond acceptors (Lipinski definition) is 5. The molecule has 2 saturated heterocycles. The number of anilines is 1. The van der Waals surface area contributed by atoms with Crippen LogP contribution < -0.4 is 10.5 Å². The second kappa shape index (κ2) is 11.0. The zero-order valence-corrected chi connectivity index (χ0v) is 21.3. The molecule has 2 aliphatic heterocycles. The summed E-state index contributed by atoms with van der Waals surface area (Å²) in [5, 5.41) is 0. The van der Waals surface area contributed by atoms with Gasteiger partial charge in [0.25, 0.3) is 5.91 Å². The number of carbonyl (C=O) groups excluding carboxylic acids is 1. The van der Waals surface area contributed by atoms with Crippen LogP contribution in [-0.4, -0.2) is 52.9 Å². The number of piperidine rings is 1. The van der Waals surface area contributed by atoms with Crippen LogP contribution in [0.15, 0.2) is 48.7 Å². The average Bonchev–Trinajstić information content (AvgIpc) is 3.44. The van der Waals surface area contributed by atoms with E-state index in [9.17, 15) is 18.0 Å². The van der Waals surface area contributed by atoms with Gasteiger partial charge in [-0.05, 0) is 69.5 Å². The lowest BCUT2D eigenvalue weighted by Crippen LogP contribution is -2.45. The van der Waals surface area contributed by atoms with Gasteiger partial charge in [0.1, 0.15) is 23.6 Å². The molecule has 38 heavy (non-hydrogen) atoms. The maximum Gasteiger partial charge on any atom is 0.253 e. The van der Waals surface area contributed by atoms with E-state index in [4.69, 9.17) is 10.5 Å². The van der Waals surface area contributed by atoms with Crippen LogP contribution in [0.2, 0.25) is 0 Å². The summed E-state index contributed by atoms with van der Waals surface area (Å²) in [5.74, 6) is -2.89. The van der Waals surface area contributed by atoms with Crippen molar-refractivity contribution in [1.82, 2.24) is 14.8 Å². The van der Waals surface area contributed by atoms with Crippen molar-refractivity contribution in [3.05, 3.63) is 77.2 Å². The molecule has 1 amide bonds. The van der Waals surface area contributed by atoms with Gasteiger partial charge < -0.3 is 20.3 Å². The molecular weight excluding hydrogens is 493 g/mol. The number of amides is 1. The first-order valence-corrected chi connectivity index (χ1v) is 13.0. The third-order valence-corrected chi connectivity index (χ3v) is 7.51. The van der Waals surface area contributed by atoms with Gasteiger partial charge in [-0.2, -0.15) is 0 Å². The number of likely N-dealkylation sites (tertiary alicyclic amines) is 2. The predicted molar refractivity (Wildman–Crippen MR) is 139 cm³/mol. The van der Waals surface area contributed by atoms with E-state index < -0.39 is 29.1 Å². The van der Waals surface area contributed by atoms with Crippen LogP contribution >= 0.6 is 0 Å². The Bertz CT molecular complexity index is 1280. The number of nitrogen functional groups attached to an aromatic ring is 1. The van der Waals surface area contributed by atoms with Gasteiger partial charge in [0.2, 0.25) is 0 Å². The van der Waals surface area contributed by atoms with E-state index in [0.717, 1.165) is 31.5 Å². The van der Waals surface area contributed by atoms with E-state index in [1.165, 1.54) is 32.9 Å². The second-order valence-electron chi connectivity index (χ2n) is 9.99. The molecular formula is C29H31F3N4O2. The van der Waals surface area contributed by atoms with Crippen LogP contribution in [0.5, 0.6) is 5.75 Å². The Labute approximate surface area is 220 Å². The van der Waals surface area contributed by atoms with Crippen molar-refractivity contribution in [2.24, 2.45) is 0 Å². The van der Waals surface area contributed by atoms with Crippen molar-refractivity contribution in [2.45, 2.75) is 44.8 Å². The Hall–Kier alpha value is -3.59. The van der Waals surface area contributed by atoms with Gasteiger partial charge in [0.15, 0.2) is 11.6 Å². The molecule has 2 aliphatic rings. The number of benzene rings is 2. The fourth-order valence-corrected chi connectivity index (χ4v) is 5.43. The highest BCUT2D eigenvalue weighted by atomic mass is 19.1. The highest BCUT2D eigenvalue weighted by Crippen LogP contribution is 2.33. The monoisotopic (exact) mass is 524 g/mol. The molecule has 0 radical (unpaired) electrons. The third-order valence-electron chi connectivity index (χ3n) is 7.51. The summed E-state index contributed by atoms with van der Waals surface area (Å²) in [5.41, 5.74) is 7.60. The first kappa shape index (κ1) is 26.0. The van der Waals surface area contributed by atoms with Gasteiger partial charge >= 0.3 is 0 Å². The van der Waals surface area contributed by atoms with Crippen molar-refractivity contribution in [3.8, 4) is 16.9 Å². The van der Waals surface area contributed by atoms with Crippen LogP contribution in [0, 0.1) is 17.5 Å². The Morgan fingerprint density at radius 3 is 2.24 bits per heavy atom. The first-order valence-electron chi connectivity index (χ1n) is 13.0. The highest BCUT2D eigenvalue weighted by molar-refractivity contribution is 5.94. The van der Waals surface area contributed by atoms with Crippen LogP contribution in [0.3, 0.4) is 0 Å². The van der Waals surface area contributed by atoms with Crippen LogP contribution in [0.4, 0.5) is 19.0 Å². The summed E-state index contributed by atoms with van der Waals surface area (Å²) >= 11 is 0. The molecule has 1 unspecified atom stereocenters. The summed E-state index contributed by atoms with van der Waals surface area (Å²) in [6.07, 6.45) is 5.04. The quantitative estimate of drug-likeness (QED) is 0.455. The van der Waals surface area contributed by atoms with Gasteiger partial charge in [0, 0.05) is 48.6 Å². The van der Waals surface area contributed by atoms with Crippen molar-refractivity contribution >= 4 is 11.7 Å². The standard InChI is InChI=1S/C29H31F3N4O2/c1-18(27-24(31)15-22(30)16-25(27)32)38-26-14-21(17-34-28(26)33)19-4-6-20(7-5-19)29(37)36-12-8-23(9-13-36)35-10-2-3-11-35/h4-7,14-18,23H,2-3,8-13H2,1H3,(H2,33,34). The van der Waals surface area contributed by atoms with Crippen molar-refractivity contribution < 1.29 is 22.7 Å². The normalized spacial score (nSPS) is 17.5. The Morgan fingerprint density at radius 2 is 1.61 bits per heavy atom. The molecule has 5 rings (SSSR count). The fourth-order valence-electron chi connectivity index (χ4n) is 5.43. The van der Waals surface area contributed by atoms with E-state index in [1.54, 1.807) is 24.4 Å². The number of halogens is 3. The van der Waals surface area contributed by atoms with E-state index in [1.807, 2.05) is 17.0 Å².